The molecule has 0 aliphatic carbocycles. The monoisotopic (exact) mass is 230 g/mol. The minimum absolute atomic E-state index is 0.789. The Kier molecular flexibility index (Phi) is 2.83. The molecule has 0 bridgehead atoms. The van der Waals surface area contributed by atoms with Gasteiger partial charge in [0.2, 0.25) is 0 Å². The molecule has 0 amide bonds. The third kappa shape index (κ3) is 2.06. The zero-order chi connectivity index (χ0) is 11.8. The summed E-state index contributed by atoms with van der Waals surface area (Å²) >= 11 is 0. The zero-order valence-electron chi connectivity index (χ0n) is 10.9. The molecular formula is C15H22N2. The normalized spacial score (nSPS) is 28.2. The van der Waals surface area contributed by atoms with Crippen molar-refractivity contribution in [3.8, 4) is 0 Å². The van der Waals surface area contributed by atoms with E-state index in [0.717, 1.165) is 12.0 Å². The van der Waals surface area contributed by atoms with E-state index in [1.807, 2.05) is 0 Å². The fraction of sp³-hybridized carbons (Fsp3) is 0.600. The average Bonchev–Trinajstić information content (AvgIpc) is 2.75. The van der Waals surface area contributed by atoms with E-state index < -0.39 is 0 Å². The first-order valence-corrected chi connectivity index (χ1v) is 6.79. The molecule has 3 rings (SSSR count). The minimum atomic E-state index is 0.789. The van der Waals surface area contributed by atoms with Crippen molar-refractivity contribution in [1.82, 2.24) is 5.32 Å². The largest absolute Gasteiger partial charge is 0.371 e. The van der Waals surface area contributed by atoms with Crippen LogP contribution in [0.5, 0.6) is 0 Å². The third-order valence-corrected chi connectivity index (χ3v) is 4.35. The number of aryl methyl sites for hydroxylation is 2. The van der Waals surface area contributed by atoms with Gasteiger partial charge in [0.25, 0.3) is 0 Å². The number of nitrogens with one attached hydrogen (secondary N) is 1. The number of rotatable bonds is 1. The van der Waals surface area contributed by atoms with Crippen LogP contribution in [0.15, 0.2) is 18.2 Å². The van der Waals surface area contributed by atoms with Gasteiger partial charge in [-0.3, -0.25) is 0 Å². The average molecular weight is 230 g/mol. The van der Waals surface area contributed by atoms with E-state index in [4.69, 9.17) is 0 Å². The number of benzene rings is 1. The Bertz CT molecular complexity index is 413. The molecule has 0 aromatic heterocycles. The van der Waals surface area contributed by atoms with Crippen LogP contribution < -0.4 is 10.2 Å². The smallest absolute Gasteiger partial charge is 0.0396 e. The lowest BCUT2D eigenvalue weighted by molar-refractivity contribution is 0.376. The first kappa shape index (κ1) is 11.1. The summed E-state index contributed by atoms with van der Waals surface area (Å²) < 4.78 is 0. The molecule has 2 aliphatic rings. The molecule has 2 heteroatoms. The lowest BCUT2D eigenvalue weighted by Gasteiger charge is -2.37. The number of nitrogens with zero attached hydrogens (tertiary/aromatic N) is 1. The lowest BCUT2D eigenvalue weighted by Crippen LogP contribution is -2.44. The summed E-state index contributed by atoms with van der Waals surface area (Å²) in [4.78, 5) is 2.59. The van der Waals surface area contributed by atoms with Crippen molar-refractivity contribution in [3.05, 3.63) is 29.3 Å². The maximum Gasteiger partial charge on any atom is 0.0396 e. The van der Waals surface area contributed by atoms with Crippen molar-refractivity contribution >= 4 is 5.69 Å². The topological polar surface area (TPSA) is 15.3 Å². The van der Waals surface area contributed by atoms with Crippen LogP contribution in [0.2, 0.25) is 0 Å². The van der Waals surface area contributed by atoms with Gasteiger partial charge in [0.05, 0.1) is 0 Å². The Balaban J connectivity index is 1.80. The lowest BCUT2D eigenvalue weighted by atomic mass is 9.92. The van der Waals surface area contributed by atoms with Crippen LogP contribution in [0.1, 0.15) is 24.0 Å². The Morgan fingerprint density at radius 2 is 2.12 bits per heavy atom. The molecule has 0 radical (unpaired) electrons. The number of hydrogen-bond acceptors (Lipinski definition) is 2. The van der Waals surface area contributed by atoms with E-state index in [9.17, 15) is 0 Å². The quantitative estimate of drug-likeness (QED) is 0.797. The molecule has 2 atom stereocenters. The molecule has 2 fully saturated rings. The fourth-order valence-electron chi connectivity index (χ4n) is 3.43. The van der Waals surface area contributed by atoms with E-state index in [2.05, 4.69) is 42.3 Å². The molecule has 2 unspecified atom stereocenters. The standard InChI is InChI=1S/C15H22N2/c1-11-3-4-15(12(2)9-11)17-8-6-14-13(10-17)5-7-16-14/h3-4,9,13-14,16H,5-8,10H2,1-2H3. The van der Waals surface area contributed by atoms with Crippen LogP contribution in [-0.4, -0.2) is 25.7 Å². The highest BCUT2D eigenvalue weighted by Crippen LogP contribution is 2.30. The SMILES string of the molecule is Cc1ccc(N2CCC3NCCC3C2)c(C)c1. The summed E-state index contributed by atoms with van der Waals surface area (Å²) in [6.45, 7) is 8.07. The van der Waals surface area contributed by atoms with Gasteiger partial charge in [-0.1, -0.05) is 17.7 Å². The molecule has 1 aromatic carbocycles. The fourth-order valence-corrected chi connectivity index (χ4v) is 3.43. The van der Waals surface area contributed by atoms with Gasteiger partial charge < -0.3 is 10.2 Å². The zero-order valence-corrected chi connectivity index (χ0v) is 10.9. The number of hydrogen-bond donors (Lipinski definition) is 1. The van der Waals surface area contributed by atoms with Gasteiger partial charge in [0, 0.05) is 24.8 Å². The Labute approximate surface area is 104 Å². The molecule has 2 aliphatic heterocycles. The highest BCUT2D eigenvalue weighted by molar-refractivity contribution is 5.54. The highest BCUT2D eigenvalue weighted by atomic mass is 15.2. The van der Waals surface area contributed by atoms with E-state index in [-0.39, 0.29) is 0 Å². The van der Waals surface area contributed by atoms with Crippen LogP contribution in [0.25, 0.3) is 0 Å². The van der Waals surface area contributed by atoms with Crippen molar-refractivity contribution in [2.75, 3.05) is 24.5 Å². The van der Waals surface area contributed by atoms with E-state index in [1.54, 1.807) is 0 Å². The molecule has 0 saturated carbocycles. The molecule has 2 saturated heterocycles. The first-order valence-electron chi connectivity index (χ1n) is 6.79. The van der Waals surface area contributed by atoms with E-state index in [1.165, 1.54) is 49.3 Å². The molecule has 2 heterocycles. The Morgan fingerprint density at radius 3 is 2.94 bits per heavy atom. The van der Waals surface area contributed by atoms with Crippen molar-refractivity contribution in [3.63, 3.8) is 0 Å². The summed E-state index contributed by atoms with van der Waals surface area (Å²) in [6.07, 6.45) is 2.66. The second kappa shape index (κ2) is 4.34. The third-order valence-electron chi connectivity index (χ3n) is 4.35. The number of anilines is 1. The maximum atomic E-state index is 3.63. The van der Waals surface area contributed by atoms with Crippen molar-refractivity contribution < 1.29 is 0 Å². The summed E-state index contributed by atoms with van der Waals surface area (Å²) in [6, 6.07) is 7.63. The summed E-state index contributed by atoms with van der Waals surface area (Å²) in [5.74, 6) is 0.865. The molecule has 17 heavy (non-hydrogen) atoms. The van der Waals surface area contributed by atoms with Gasteiger partial charge in [0.15, 0.2) is 0 Å². The van der Waals surface area contributed by atoms with Crippen molar-refractivity contribution in [2.24, 2.45) is 5.92 Å². The van der Waals surface area contributed by atoms with E-state index in [0.29, 0.717) is 0 Å². The molecular weight excluding hydrogens is 208 g/mol. The van der Waals surface area contributed by atoms with Crippen LogP contribution in [0.4, 0.5) is 5.69 Å². The summed E-state index contributed by atoms with van der Waals surface area (Å²) in [5.41, 5.74) is 4.24. The van der Waals surface area contributed by atoms with Crippen molar-refractivity contribution in [1.29, 1.82) is 0 Å². The molecule has 0 spiro atoms. The number of fused-ring (bicyclic) bond motifs is 1. The van der Waals surface area contributed by atoms with Crippen LogP contribution in [0.3, 0.4) is 0 Å². The summed E-state index contributed by atoms with van der Waals surface area (Å²) in [7, 11) is 0. The summed E-state index contributed by atoms with van der Waals surface area (Å²) in [5, 5.41) is 3.63. The van der Waals surface area contributed by atoms with Gasteiger partial charge in [0.1, 0.15) is 0 Å². The van der Waals surface area contributed by atoms with Crippen molar-refractivity contribution in [2.45, 2.75) is 32.7 Å². The molecule has 1 N–H and O–H groups in total. The van der Waals surface area contributed by atoms with Gasteiger partial charge in [-0.05, 0) is 50.8 Å². The first-order chi connectivity index (χ1) is 8.24. The second-order valence-electron chi connectivity index (χ2n) is 5.63. The predicted octanol–water partition coefficient (Wildman–Crippen LogP) is 2.49. The molecule has 1 aromatic rings. The van der Waals surface area contributed by atoms with Gasteiger partial charge in [-0.25, -0.2) is 0 Å². The van der Waals surface area contributed by atoms with Gasteiger partial charge >= 0.3 is 0 Å². The molecule has 92 valence electrons. The Morgan fingerprint density at radius 1 is 1.24 bits per heavy atom. The van der Waals surface area contributed by atoms with Crippen LogP contribution in [0, 0.1) is 19.8 Å². The maximum absolute atomic E-state index is 3.63. The van der Waals surface area contributed by atoms with Crippen LogP contribution >= 0.6 is 0 Å². The minimum Gasteiger partial charge on any atom is -0.371 e. The highest BCUT2D eigenvalue weighted by Gasteiger charge is 2.32. The molecule has 2 nitrogen and oxygen atoms in total. The predicted molar refractivity (Wildman–Crippen MR) is 72.6 cm³/mol. The number of piperidine rings is 1. The van der Waals surface area contributed by atoms with Crippen LogP contribution in [-0.2, 0) is 0 Å². The Hall–Kier alpha value is -1.02. The van der Waals surface area contributed by atoms with Gasteiger partial charge in [-0.2, -0.15) is 0 Å². The van der Waals surface area contributed by atoms with E-state index >= 15 is 0 Å². The second-order valence-corrected chi connectivity index (χ2v) is 5.63. The van der Waals surface area contributed by atoms with Gasteiger partial charge in [-0.15, -0.1) is 0 Å².